The molecule has 0 amide bonds. The lowest BCUT2D eigenvalue weighted by molar-refractivity contribution is 0.127. The minimum Gasteiger partial charge on any atom is -0.388 e. The topological polar surface area (TPSA) is 29.5 Å². The Kier molecular flexibility index (Phi) is 5.37. The highest BCUT2D eigenvalue weighted by Crippen LogP contribution is 2.22. The molecule has 0 bridgehead atoms. The van der Waals surface area contributed by atoms with E-state index in [1.165, 1.54) is 0 Å². The van der Waals surface area contributed by atoms with Gasteiger partial charge in [-0.05, 0) is 24.3 Å². The van der Waals surface area contributed by atoms with Crippen LogP contribution in [-0.4, -0.2) is 18.8 Å². The number of aliphatic hydroxyl groups excluding tert-OH is 1. The Morgan fingerprint density at radius 1 is 1.27 bits per heavy atom. The van der Waals surface area contributed by atoms with E-state index in [0.29, 0.717) is 5.92 Å². The first-order valence-electron chi connectivity index (χ1n) is 5.46. The minimum atomic E-state index is -0.349. The molecule has 0 saturated carbocycles. The SMILES string of the molecule is COCCC(C)CC(O)c1ccccc1. The van der Waals surface area contributed by atoms with Gasteiger partial charge in [0.25, 0.3) is 0 Å². The summed E-state index contributed by atoms with van der Waals surface area (Å²) >= 11 is 0. The van der Waals surface area contributed by atoms with Crippen molar-refractivity contribution in [2.45, 2.75) is 25.9 Å². The maximum absolute atomic E-state index is 9.95. The van der Waals surface area contributed by atoms with Gasteiger partial charge in [-0.2, -0.15) is 0 Å². The number of benzene rings is 1. The van der Waals surface area contributed by atoms with Gasteiger partial charge in [-0.3, -0.25) is 0 Å². The second kappa shape index (κ2) is 6.59. The van der Waals surface area contributed by atoms with Crippen LogP contribution in [0.25, 0.3) is 0 Å². The number of rotatable bonds is 6. The highest BCUT2D eigenvalue weighted by Gasteiger charge is 2.11. The van der Waals surface area contributed by atoms with E-state index in [4.69, 9.17) is 4.74 Å². The van der Waals surface area contributed by atoms with E-state index in [1.807, 2.05) is 30.3 Å². The first-order valence-corrected chi connectivity index (χ1v) is 5.46. The van der Waals surface area contributed by atoms with Crippen LogP contribution in [0, 0.1) is 5.92 Å². The lowest BCUT2D eigenvalue weighted by atomic mass is 9.96. The molecule has 84 valence electrons. The highest BCUT2D eigenvalue weighted by atomic mass is 16.5. The van der Waals surface area contributed by atoms with Crippen molar-refractivity contribution in [2.75, 3.05) is 13.7 Å². The molecule has 2 unspecified atom stereocenters. The maximum atomic E-state index is 9.95. The Bertz CT molecular complexity index is 258. The molecule has 1 aromatic carbocycles. The van der Waals surface area contributed by atoms with E-state index in [2.05, 4.69) is 6.92 Å². The standard InChI is InChI=1S/C13H20O2/c1-11(8-9-15-2)10-13(14)12-6-4-3-5-7-12/h3-7,11,13-14H,8-10H2,1-2H3. The zero-order valence-electron chi connectivity index (χ0n) is 9.52. The number of ether oxygens (including phenoxy) is 1. The minimum absolute atomic E-state index is 0.349. The van der Waals surface area contributed by atoms with Crippen molar-refractivity contribution in [3.63, 3.8) is 0 Å². The molecule has 1 aromatic rings. The molecule has 0 aliphatic carbocycles. The van der Waals surface area contributed by atoms with Crippen molar-refractivity contribution in [1.82, 2.24) is 0 Å². The zero-order valence-corrected chi connectivity index (χ0v) is 9.52. The van der Waals surface area contributed by atoms with E-state index in [-0.39, 0.29) is 6.10 Å². The average molecular weight is 208 g/mol. The van der Waals surface area contributed by atoms with Crippen LogP contribution in [0.4, 0.5) is 0 Å². The van der Waals surface area contributed by atoms with Crippen molar-refractivity contribution < 1.29 is 9.84 Å². The van der Waals surface area contributed by atoms with E-state index in [1.54, 1.807) is 7.11 Å². The Morgan fingerprint density at radius 2 is 1.93 bits per heavy atom. The molecule has 0 fully saturated rings. The smallest absolute Gasteiger partial charge is 0.0792 e. The first kappa shape index (κ1) is 12.2. The molecule has 0 heterocycles. The molecule has 0 aliphatic rings. The molecule has 2 nitrogen and oxygen atoms in total. The molecule has 1 rings (SSSR count). The van der Waals surface area contributed by atoms with Crippen LogP contribution in [0.2, 0.25) is 0 Å². The second-order valence-electron chi connectivity index (χ2n) is 4.05. The Balaban J connectivity index is 2.38. The van der Waals surface area contributed by atoms with Crippen molar-refractivity contribution in [1.29, 1.82) is 0 Å². The monoisotopic (exact) mass is 208 g/mol. The van der Waals surface area contributed by atoms with E-state index in [0.717, 1.165) is 25.0 Å². The normalized spacial score (nSPS) is 14.9. The highest BCUT2D eigenvalue weighted by molar-refractivity contribution is 5.17. The lowest BCUT2D eigenvalue weighted by Gasteiger charge is -2.16. The summed E-state index contributed by atoms with van der Waals surface area (Å²) in [6, 6.07) is 9.81. The number of hydrogen-bond acceptors (Lipinski definition) is 2. The van der Waals surface area contributed by atoms with Gasteiger partial charge in [0, 0.05) is 13.7 Å². The zero-order chi connectivity index (χ0) is 11.1. The molecular formula is C13H20O2. The molecule has 0 saturated heterocycles. The van der Waals surface area contributed by atoms with Gasteiger partial charge >= 0.3 is 0 Å². The van der Waals surface area contributed by atoms with Gasteiger partial charge in [-0.1, -0.05) is 37.3 Å². The summed E-state index contributed by atoms with van der Waals surface area (Å²) in [6.07, 6.45) is 1.45. The second-order valence-corrected chi connectivity index (χ2v) is 4.05. The molecule has 2 heteroatoms. The fourth-order valence-corrected chi connectivity index (χ4v) is 1.63. The fourth-order valence-electron chi connectivity index (χ4n) is 1.63. The third-order valence-corrected chi connectivity index (χ3v) is 2.62. The first-order chi connectivity index (χ1) is 7.24. The van der Waals surface area contributed by atoms with Gasteiger partial charge in [0.1, 0.15) is 0 Å². The molecular weight excluding hydrogens is 188 g/mol. The van der Waals surface area contributed by atoms with Crippen LogP contribution >= 0.6 is 0 Å². The summed E-state index contributed by atoms with van der Waals surface area (Å²) in [4.78, 5) is 0. The van der Waals surface area contributed by atoms with Crippen LogP contribution in [0.3, 0.4) is 0 Å². The molecule has 2 atom stereocenters. The lowest BCUT2D eigenvalue weighted by Crippen LogP contribution is -2.06. The van der Waals surface area contributed by atoms with E-state index in [9.17, 15) is 5.11 Å². The Morgan fingerprint density at radius 3 is 2.53 bits per heavy atom. The summed E-state index contributed by atoms with van der Waals surface area (Å²) in [7, 11) is 1.71. The van der Waals surface area contributed by atoms with Gasteiger partial charge in [0.05, 0.1) is 6.10 Å². The van der Waals surface area contributed by atoms with E-state index < -0.39 is 0 Å². The van der Waals surface area contributed by atoms with Crippen LogP contribution in [0.15, 0.2) is 30.3 Å². The van der Waals surface area contributed by atoms with Crippen LogP contribution < -0.4 is 0 Å². The fraction of sp³-hybridized carbons (Fsp3) is 0.538. The molecule has 0 spiro atoms. The Hall–Kier alpha value is -0.860. The van der Waals surface area contributed by atoms with Gasteiger partial charge in [0.2, 0.25) is 0 Å². The predicted molar refractivity (Wildman–Crippen MR) is 61.7 cm³/mol. The summed E-state index contributed by atoms with van der Waals surface area (Å²) in [5, 5.41) is 9.95. The third kappa shape index (κ3) is 4.45. The molecule has 0 radical (unpaired) electrons. The van der Waals surface area contributed by atoms with Gasteiger partial charge < -0.3 is 9.84 Å². The number of aliphatic hydroxyl groups is 1. The summed E-state index contributed by atoms with van der Waals surface area (Å²) < 4.78 is 5.02. The van der Waals surface area contributed by atoms with Crippen LogP contribution in [-0.2, 0) is 4.74 Å². The predicted octanol–water partition coefficient (Wildman–Crippen LogP) is 2.78. The summed E-state index contributed by atoms with van der Waals surface area (Å²) in [5.41, 5.74) is 1.00. The largest absolute Gasteiger partial charge is 0.388 e. The van der Waals surface area contributed by atoms with Gasteiger partial charge in [0.15, 0.2) is 0 Å². The number of hydrogen-bond donors (Lipinski definition) is 1. The van der Waals surface area contributed by atoms with Crippen molar-refractivity contribution in [3.05, 3.63) is 35.9 Å². The van der Waals surface area contributed by atoms with Crippen LogP contribution in [0.5, 0.6) is 0 Å². The van der Waals surface area contributed by atoms with E-state index >= 15 is 0 Å². The summed E-state index contributed by atoms with van der Waals surface area (Å²) in [5.74, 6) is 0.486. The average Bonchev–Trinajstić information content (AvgIpc) is 2.27. The molecule has 15 heavy (non-hydrogen) atoms. The third-order valence-electron chi connectivity index (χ3n) is 2.62. The van der Waals surface area contributed by atoms with Gasteiger partial charge in [-0.25, -0.2) is 0 Å². The maximum Gasteiger partial charge on any atom is 0.0792 e. The van der Waals surface area contributed by atoms with Crippen molar-refractivity contribution >= 4 is 0 Å². The quantitative estimate of drug-likeness (QED) is 0.779. The summed E-state index contributed by atoms with van der Waals surface area (Å²) in [6.45, 7) is 2.91. The van der Waals surface area contributed by atoms with Crippen molar-refractivity contribution in [2.24, 2.45) is 5.92 Å². The number of methoxy groups -OCH3 is 1. The Labute approximate surface area is 91.9 Å². The molecule has 0 aliphatic heterocycles. The molecule has 0 aromatic heterocycles. The van der Waals surface area contributed by atoms with Crippen molar-refractivity contribution in [3.8, 4) is 0 Å². The van der Waals surface area contributed by atoms with Gasteiger partial charge in [-0.15, -0.1) is 0 Å². The van der Waals surface area contributed by atoms with Crippen LogP contribution in [0.1, 0.15) is 31.4 Å². The molecule has 1 N–H and O–H groups in total.